The molecule has 0 radical (unpaired) electrons. The zero-order chi connectivity index (χ0) is 14.5. The van der Waals surface area contributed by atoms with E-state index in [1.54, 1.807) is 0 Å². The van der Waals surface area contributed by atoms with Gasteiger partial charge in [-0.05, 0) is 26.7 Å². The summed E-state index contributed by atoms with van der Waals surface area (Å²) in [6.45, 7) is 3.87. The molecule has 1 aliphatic carbocycles. The van der Waals surface area contributed by atoms with E-state index < -0.39 is 11.7 Å². The maximum absolute atomic E-state index is 13.0. The highest BCUT2D eigenvalue weighted by atomic mass is 32.1. The molecule has 0 aliphatic heterocycles. The molecule has 3 nitrogen and oxygen atoms in total. The molecule has 1 aliphatic rings. The first-order valence-corrected chi connectivity index (χ1v) is 7.37. The van der Waals surface area contributed by atoms with E-state index in [0.29, 0.717) is 16.3 Å². The Balaban J connectivity index is 2.19. The number of aromatic nitrogens is 2. The van der Waals surface area contributed by atoms with Gasteiger partial charge in [-0.3, -0.25) is 0 Å². The first-order valence-electron chi connectivity index (χ1n) is 6.49. The van der Waals surface area contributed by atoms with E-state index in [2.05, 4.69) is 15.3 Å². The van der Waals surface area contributed by atoms with Gasteiger partial charge in [0.05, 0.1) is 15.8 Å². The molecule has 1 saturated carbocycles. The molecule has 0 unspecified atom stereocenters. The minimum atomic E-state index is -4.37. The molecule has 2 heterocycles. The number of nitrogens with one attached hydrogen (secondary N) is 1. The van der Waals surface area contributed by atoms with E-state index in [1.165, 1.54) is 0 Å². The third kappa shape index (κ3) is 2.46. The lowest BCUT2D eigenvalue weighted by Gasteiger charge is -2.12. The van der Waals surface area contributed by atoms with Crippen LogP contribution in [0.4, 0.5) is 19.0 Å². The number of halogens is 3. The Hall–Kier alpha value is -1.37. The van der Waals surface area contributed by atoms with Crippen LogP contribution >= 0.6 is 11.3 Å². The van der Waals surface area contributed by atoms with Crippen molar-refractivity contribution < 1.29 is 13.2 Å². The van der Waals surface area contributed by atoms with Crippen LogP contribution in [0.1, 0.15) is 44.0 Å². The Morgan fingerprint density at radius 1 is 1.30 bits per heavy atom. The monoisotopic (exact) mass is 301 g/mol. The van der Waals surface area contributed by atoms with Crippen LogP contribution in [0, 0.1) is 0 Å². The first-order chi connectivity index (χ1) is 9.36. The van der Waals surface area contributed by atoms with Gasteiger partial charge >= 0.3 is 6.18 Å². The van der Waals surface area contributed by atoms with Crippen molar-refractivity contribution in [2.75, 3.05) is 5.32 Å². The SMILES string of the molecule is CC(C)Nc1nc(C2CC2)nc2c(C(F)(F)F)csc12. The van der Waals surface area contributed by atoms with E-state index in [4.69, 9.17) is 0 Å². The van der Waals surface area contributed by atoms with Gasteiger partial charge < -0.3 is 5.32 Å². The maximum Gasteiger partial charge on any atom is 0.419 e. The third-order valence-electron chi connectivity index (χ3n) is 3.11. The lowest BCUT2D eigenvalue weighted by molar-refractivity contribution is -0.136. The molecule has 3 rings (SSSR count). The van der Waals surface area contributed by atoms with Crippen molar-refractivity contribution in [3.8, 4) is 0 Å². The molecule has 20 heavy (non-hydrogen) atoms. The molecule has 0 aromatic carbocycles. The molecule has 7 heteroatoms. The first kappa shape index (κ1) is 13.6. The molecule has 2 aromatic rings. The fraction of sp³-hybridized carbons (Fsp3) is 0.538. The average Bonchev–Trinajstić information content (AvgIpc) is 3.06. The Bertz CT molecular complexity index is 644. The van der Waals surface area contributed by atoms with Crippen LogP contribution in [-0.2, 0) is 6.18 Å². The van der Waals surface area contributed by atoms with Gasteiger partial charge in [-0.1, -0.05) is 0 Å². The number of rotatable bonds is 3. The standard InChI is InChI=1S/C13H14F3N3S/c1-6(2)17-12-10-9(8(5-20-10)13(14,15)16)18-11(19-12)7-3-4-7/h5-7H,3-4H2,1-2H3,(H,17,18,19). The Morgan fingerprint density at radius 3 is 2.55 bits per heavy atom. The molecule has 0 spiro atoms. The van der Waals surface area contributed by atoms with Crippen molar-refractivity contribution in [2.24, 2.45) is 0 Å². The van der Waals surface area contributed by atoms with Crippen LogP contribution in [0.5, 0.6) is 0 Å². The van der Waals surface area contributed by atoms with Crippen molar-refractivity contribution in [3.05, 3.63) is 16.8 Å². The van der Waals surface area contributed by atoms with Gasteiger partial charge in [0, 0.05) is 17.3 Å². The molecule has 0 atom stereocenters. The second-order valence-corrected chi connectivity index (χ2v) is 6.21. The molecule has 1 fully saturated rings. The number of thiophene rings is 1. The van der Waals surface area contributed by atoms with Gasteiger partial charge in [-0.15, -0.1) is 11.3 Å². The summed E-state index contributed by atoms with van der Waals surface area (Å²) in [7, 11) is 0. The highest BCUT2D eigenvalue weighted by molar-refractivity contribution is 7.18. The number of fused-ring (bicyclic) bond motifs is 1. The predicted molar refractivity (Wildman–Crippen MR) is 73.2 cm³/mol. The number of alkyl halides is 3. The molecule has 108 valence electrons. The van der Waals surface area contributed by atoms with Crippen molar-refractivity contribution in [2.45, 2.75) is 44.8 Å². The second-order valence-electron chi connectivity index (χ2n) is 5.33. The van der Waals surface area contributed by atoms with Crippen LogP contribution in [0.15, 0.2) is 5.38 Å². The average molecular weight is 301 g/mol. The van der Waals surface area contributed by atoms with Gasteiger partial charge in [0.1, 0.15) is 11.6 Å². The third-order valence-corrected chi connectivity index (χ3v) is 4.08. The Morgan fingerprint density at radius 2 is 2.00 bits per heavy atom. The lowest BCUT2D eigenvalue weighted by Crippen LogP contribution is -2.13. The molecule has 0 bridgehead atoms. The number of hydrogen-bond donors (Lipinski definition) is 1. The van der Waals surface area contributed by atoms with Crippen LogP contribution in [0.25, 0.3) is 10.2 Å². The summed E-state index contributed by atoms with van der Waals surface area (Å²) >= 11 is 1.04. The van der Waals surface area contributed by atoms with E-state index in [1.807, 2.05) is 13.8 Å². The number of nitrogens with zero attached hydrogens (tertiary/aromatic N) is 2. The topological polar surface area (TPSA) is 37.8 Å². The zero-order valence-corrected chi connectivity index (χ0v) is 11.9. The summed E-state index contributed by atoms with van der Waals surface area (Å²) in [4.78, 5) is 8.59. The summed E-state index contributed by atoms with van der Waals surface area (Å²) in [5.74, 6) is 1.27. The zero-order valence-electron chi connectivity index (χ0n) is 11.1. The summed E-state index contributed by atoms with van der Waals surface area (Å²) < 4.78 is 39.5. The highest BCUT2D eigenvalue weighted by Gasteiger charge is 2.36. The van der Waals surface area contributed by atoms with Gasteiger partial charge in [0.25, 0.3) is 0 Å². The quantitative estimate of drug-likeness (QED) is 0.912. The van der Waals surface area contributed by atoms with Crippen molar-refractivity contribution in [1.82, 2.24) is 9.97 Å². The molecule has 1 N–H and O–H groups in total. The minimum absolute atomic E-state index is 0.0301. The molecular weight excluding hydrogens is 287 g/mol. The molecule has 0 amide bonds. The van der Waals surface area contributed by atoms with E-state index in [-0.39, 0.29) is 17.5 Å². The van der Waals surface area contributed by atoms with Crippen LogP contribution in [0.2, 0.25) is 0 Å². The molecular formula is C13H14F3N3S. The predicted octanol–water partition coefficient (Wildman–Crippen LogP) is 4.41. The minimum Gasteiger partial charge on any atom is -0.367 e. The van der Waals surface area contributed by atoms with Crippen molar-refractivity contribution in [3.63, 3.8) is 0 Å². The van der Waals surface area contributed by atoms with Gasteiger partial charge in [0.15, 0.2) is 0 Å². The highest BCUT2D eigenvalue weighted by Crippen LogP contribution is 2.43. The van der Waals surface area contributed by atoms with Crippen molar-refractivity contribution in [1.29, 1.82) is 0 Å². The van der Waals surface area contributed by atoms with Gasteiger partial charge in [0.2, 0.25) is 0 Å². The lowest BCUT2D eigenvalue weighted by atomic mass is 10.2. The molecule has 2 aromatic heterocycles. The fourth-order valence-corrected chi connectivity index (χ4v) is 3.00. The summed E-state index contributed by atoms with van der Waals surface area (Å²) in [6.07, 6.45) is -2.46. The van der Waals surface area contributed by atoms with E-state index >= 15 is 0 Å². The van der Waals surface area contributed by atoms with Crippen LogP contribution in [0.3, 0.4) is 0 Å². The largest absolute Gasteiger partial charge is 0.419 e. The van der Waals surface area contributed by atoms with Gasteiger partial charge in [-0.2, -0.15) is 13.2 Å². The Kier molecular flexibility index (Phi) is 3.12. The maximum atomic E-state index is 13.0. The summed E-state index contributed by atoms with van der Waals surface area (Å²) in [5, 5.41) is 4.25. The van der Waals surface area contributed by atoms with Crippen molar-refractivity contribution >= 4 is 27.4 Å². The van der Waals surface area contributed by atoms with Gasteiger partial charge in [-0.25, -0.2) is 9.97 Å². The number of hydrogen-bond acceptors (Lipinski definition) is 4. The Labute approximate surface area is 118 Å². The van der Waals surface area contributed by atoms with E-state index in [0.717, 1.165) is 29.6 Å². The van der Waals surface area contributed by atoms with E-state index in [9.17, 15) is 13.2 Å². The number of anilines is 1. The summed E-state index contributed by atoms with van der Waals surface area (Å²) in [5.41, 5.74) is -0.629. The smallest absolute Gasteiger partial charge is 0.367 e. The second kappa shape index (κ2) is 4.58. The van der Waals surface area contributed by atoms with Crippen LogP contribution in [-0.4, -0.2) is 16.0 Å². The summed E-state index contributed by atoms with van der Waals surface area (Å²) in [6, 6.07) is 0.108. The fourth-order valence-electron chi connectivity index (χ4n) is 2.03. The molecule has 0 saturated heterocycles. The normalized spacial score (nSPS) is 16.1. The van der Waals surface area contributed by atoms with Crippen LogP contribution < -0.4 is 5.32 Å².